The van der Waals surface area contributed by atoms with E-state index < -0.39 is 31.1 Å². The number of nitrogens with zero attached hydrogens (tertiary/aromatic N) is 5. The lowest BCUT2D eigenvalue weighted by Gasteiger charge is -2.17. The maximum absolute atomic E-state index is 14.1. The van der Waals surface area contributed by atoms with Gasteiger partial charge in [0.1, 0.15) is 17.1 Å². The van der Waals surface area contributed by atoms with Gasteiger partial charge in [-0.05, 0) is 43.2 Å². The normalized spacial score (nSPS) is 12.8. The number of carbonyl (C=O) groups is 1. The first-order valence-electron chi connectivity index (χ1n) is 14.0. The molecule has 47 heavy (non-hydrogen) atoms. The number of pyridine rings is 1. The summed E-state index contributed by atoms with van der Waals surface area (Å²) < 4.78 is 66.1. The quantitative estimate of drug-likeness (QED) is 0.106. The Morgan fingerprint density at radius 3 is 2.55 bits per heavy atom. The van der Waals surface area contributed by atoms with Gasteiger partial charge in [-0.1, -0.05) is 17.7 Å². The zero-order valence-corrected chi connectivity index (χ0v) is 26.9. The monoisotopic (exact) mass is 698 g/mol. The molecular weight excluding hydrogens is 668 g/mol. The van der Waals surface area contributed by atoms with Crippen molar-refractivity contribution in [2.24, 2.45) is 0 Å². The number of alkyl halides is 3. The van der Waals surface area contributed by atoms with Crippen LogP contribution in [0.1, 0.15) is 35.0 Å². The van der Waals surface area contributed by atoms with Crippen molar-refractivity contribution in [3.8, 4) is 17.0 Å². The lowest BCUT2D eigenvalue weighted by atomic mass is 10.1. The molecule has 19 heteroatoms. The van der Waals surface area contributed by atoms with Crippen LogP contribution in [-0.2, 0) is 28.0 Å². The third-order valence-electron chi connectivity index (χ3n) is 6.45. The molecule has 0 aliphatic heterocycles. The maximum atomic E-state index is 14.1. The Kier molecular flexibility index (Phi) is 11.4. The van der Waals surface area contributed by atoms with Crippen LogP contribution in [0.2, 0.25) is 5.15 Å². The van der Waals surface area contributed by atoms with E-state index in [1.54, 1.807) is 13.1 Å². The highest BCUT2D eigenvalue weighted by Gasteiger charge is 2.36. The van der Waals surface area contributed by atoms with Crippen LogP contribution < -0.4 is 20.7 Å². The van der Waals surface area contributed by atoms with E-state index in [9.17, 15) is 27.4 Å². The number of hydrogen-bond acceptors (Lipinski definition) is 11. The minimum Gasteiger partial charge on any atom is -0.495 e. The average molecular weight is 699 g/mol. The van der Waals surface area contributed by atoms with E-state index in [0.29, 0.717) is 30.3 Å². The van der Waals surface area contributed by atoms with Crippen molar-refractivity contribution in [2.45, 2.75) is 32.2 Å². The van der Waals surface area contributed by atoms with E-state index in [4.69, 9.17) is 26.0 Å². The van der Waals surface area contributed by atoms with Crippen LogP contribution in [0.3, 0.4) is 0 Å². The molecule has 0 radical (unpaired) electrons. The van der Waals surface area contributed by atoms with Crippen LogP contribution >= 0.6 is 19.2 Å². The first kappa shape index (κ1) is 35.6. The number of ether oxygens (including phenoxy) is 1. The van der Waals surface area contributed by atoms with Gasteiger partial charge >= 0.3 is 13.8 Å². The van der Waals surface area contributed by atoms with Gasteiger partial charge in [-0.15, -0.1) is 0 Å². The van der Waals surface area contributed by atoms with Crippen molar-refractivity contribution in [2.75, 3.05) is 38.0 Å². The summed E-state index contributed by atoms with van der Waals surface area (Å²) in [7, 11) is -1.22. The van der Waals surface area contributed by atoms with Gasteiger partial charge in [-0.3, -0.25) is 14.0 Å². The topological polar surface area (TPSA) is 186 Å². The van der Waals surface area contributed by atoms with Gasteiger partial charge in [-0.2, -0.15) is 23.3 Å². The fraction of sp³-hybridized carbons (Fsp3) is 0.321. The van der Waals surface area contributed by atoms with Gasteiger partial charge in [0.15, 0.2) is 10.8 Å². The van der Waals surface area contributed by atoms with Gasteiger partial charge in [0, 0.05) is 32.6 Å². The second kappa shape index (κ2) is 15.1. The standard InChI is InChI=1S/C28H31ClF3N8O6P/c1-4-46-47(43,44)15-16-6-7-20(22(12-16)45-3)37-27-34-13-18(28(30,31)32)25(38-27)36-21-9-8-19(35-23(21)26(42)33-2)17-14-40(10-5-11-41)39-24(17)29/h6-9,12-14,41H,4-5,10-11,15H2,1-3H3,(H,33,42)(H,43,44)(H2,34,36,37,38). The highest BCUT2D eigenvalue weighted by atomic mass is 35.5. The van der Waals surface area contributed by atoms with Crippen LogP contribution in [0.4, 0.5) is 36.3 Å². The third-order valence-corrected chi connectivity index (χ3v) is 8.15. The van der Waals surface area contributed by atoms with Gasteiger partial charge in [0.25, 0.3) is 5.91 Å². The second-order valence-corrected chi connectivity index (χ2v) is 12.0. The average Bonchev–Trinajstić information content (AvgIpc) is 3.39. The van der Waals surface area contributed by atoms with Crippen LogP contribution in [-0.4, -0.2) is 68.0 Å². The third kappa shape index (κ3) is 8.96. The van der Waals surface area contributed by atoms with Crippen molar-refractivity contribution < 1.29 is 41.8 Å². The fourth-order valence-corrected chi connectivity index (χ4v) is 5.72. The highest BCUT2D eigenvalue weighted by molar-refractivity contribution is 7.51. The van der Waals surface area contributed by atoms with Crippen molar-refractivity contribution in [3.63, 3.8) is 0 Å². The first-order chi connectivity index (χ1) is 22.3. The number of benzene rings is 1. The molecular formula is C28H31ClF3N8O6P. The molecule has 0 aliphatic rings. The Morgan fingerprint density at radius 1 is 1.15 bits per heavy atom. The molecule has 3 aromatic heterocycles. The Labute approximate surface area is 271 Å². The zero-order valence-electron chi connectivity index (χ0n) is 25.3. The van der Waals surface area contributed by atoms with Gasteiger partial charge in [-0.25, -0.2) is 9.97 Å². The Bertz CT molecular complexity index is 1790. The van der Waals surface area contributed by atoms with E-state index in [1.807, 2.05) is 0 Å². The number of nitrogens with one attached hydrogen (secondary N) is 3. The van der Waals surface area contributed by atoms with Crippen molar-refractivity contribution in [1.82, 2.24) is 30.0 Å². The van der Waals surface area contributed by atoms with Crippen molar-refractivity contribution in [3.05, 3.63) is 64.7 Å². The maximum Gasteiger partial charge on any atom is 0.421 e. The Morgan fingerprint density at radius 2 is 1.89 bits per heavy atom. The van der Waals surface area contributed by atoms with E-state index in [2.05, 4.69) is 36.0 Å². The summed E-state index contributed by atoms with van der Waals surface area (Å²) in [5.74, 6) is -1.46. The molecule has 4 rings (SSSR count). The molecule has 0 saturated heterocycles. The summed E-state index contributed by atoms with van der Waals surface area (Å²) in [5.41, 5.74) is -0.318. The molecule has 0 spiro atoms. The summed E-state index contributed by atoms with van der Waals surface area (Å²) in [6.07, 6.45) is -2.59. The molecule has 14 nitrogen and oxygen atoms in total. The molecule has 1 amide bonds. The predicted molar refractivity (Wildman–Crippen MR) is 167 cm³/mol. The Balaban J connectivity index is 1.69. The molecule has 3 heterocycles. The van der Waals surface area contributed by atoms with Crippen LogP contribution in [0.15, 0.2) is 42.7 Å². The molecule has 1 aromatic carbocycles. The van der Waals surface area contributed by atoms with Crippen LogP contribution in [0.5, 0.6) is 5.75 Å². The number of aliphatic hydroxyl groups excluding tert-OH is 1. The van der Waals surface area contributed by atoms with E-state index in [0.717, 1.165) is 0 Å². The van der Waals surface area contributed by atoms with Crippen molar-refractivity contribution >= 4 is 48.2 Å². The Hall–Kier alpha value is -4.28. The molecule has 0 fully saturated rings. The van der Waals surface area contributed by atoms with Crippen molar-refractivity contribution in [1.29, 1.82) is 0 Å². The number of halogens is 4. The molecule has 5 N–H and O–H groups in total. The predicted octanol–water partition coefficient (Wildman–Crippen LogP) is 5.37. The number of rotatable bonds is 14. The molecule has 0 saturated carbocycles. The van der Waals surface area contributed by atoms with E-state index >= 15 is 0 Å². The SMILES string of the molecule is CCOP(=O)(O)Cc1ccc(Nc2ncc(C(F)(F)F)c(Nc3ccc(-c4cn(CCCO)nc4Cl)nc3C(=O)NC)n2)c(OC)c1. The number of aromatic nitrogens is 5. The van der Waals surface area contributed by atoms with Gasteiger partial charge in [0.2, 0.25) is 5.95 Å². The molecule has 0 aliphatic carbocycles. The summed E-state index contributed by atoms with van der Waals surface area (Å²) in [5, 5.41) is 21.1. The molecule has 252 valence electrons. The highest BCUT2D eigenvalue weighted by Crippen LogP contribution is 2.46. The molecule has 0 bridgehead atoms. The smallest absolute Gasteiger partial charge is 0.421 e. The number of aliphatic hydroxyl groups is 1. The second-order valence-electron chi connectivity index (χ2n) is 9.80. The summed E-state index contributed by atoms with van der Waals surface area (Å²) in [6.45, 7) is 1.94. The molecule has 4 aromatic rings. The summed E-state index contributed by atoms with van der Waals surface area (Å²) >= 11 is 6.28. The number of aryl methyl sites for hydroxylation is 1. The molecule has 1 unspecified atom stereocenters. The number of anilines is 4. The van der Waals surface area contributed by atoms with Crippen LogP contribution in [0, 0.1) is 0 Å². The largest absolute Gasteiger partial charge is 0.495 e. The van der Waals surface area contributed by atoms with E-state index in [-0.39, 0.29) is 59.0 Å². The number of carbonyl (C=O) groups excluding carboxylic acids is 1. The molecule has 1 atom stereocenters. The minimum atomic E-state index is -4.88. The summed E-state index contributed by atoms with van der Waals surface area (Å²) in [6, 6.07) is 7.27. The number of methoxy groups -OCH3 is 1. The zero-order chi connectivity index (χ0) is 34.4. The number of hydrogen-bond donors (Lipinski definition) is 5. The lowest BCUT2D eigenvalue weighted by Crippen LogP contribution is -2.21. The van der Waals surface area contributed by atoms with Gasteiger partial charge in [0.05, 0.1) is 42.5 Å². The van der Waals surface area contributed by atoms with Crippen LogP contribution in [0.25, 0.3) is 11.3 Å². The minimum absolute atomic E-state index is 0.0448. The lowest BCUT2D eigenvalue weighted by molar-refractivity contribution is -0.137. The first-order valence-corrected chi connectivity index (χ1v) is 16.1. The fourth-order valence-electron chi connectivity index (χ4n) is 4.33. The van der Waals surface area contributed by atoms with Gasteiger partial charge < -0.3 is 35.2 Å². The number of amides is 1. The van der Waals surface area contributed by atoms with E-state index in [1.165, 1.54) is 49.2 Å². The summed E-state index contributed by atoms with van der Waals surface area (Å²) in [4.78, 5) is 35.0.